The SMILES string of the molecule is CC(C)c1ccc(Nc2ccc(NC(=O)Cc3c[nH]c4ccccc34)cn2)cc1. The molecule has 0 fully saturated rings. The molecule has 2 aromatic carbocycles. The number of carbonyl (C=O) groups excluding carboxylic acids is 1. The first kappa shape index (κ1) is 18.7. The number of nitrogens with zero attached hydrogens (tertiary/aromatic N) is 1. The molecule has 5 heteroatoms. The monoisotopic (exact) mass is 384 g/mol. The van der Waals surface area contributed by atoms with Gasteiger partial charge in [-0.3, -0.25) is 4.79 Å². The van der Waals surface area contributed by atoms with Crippen LogP contribution in [0.2, 0.25) is 0 Å². The molecule has 0 unspecified atom stereocenters. The molecule has 0 spiro atoms. The molecule has 3 N–H and O–H groups in total. The van der Waals surface area contributed by atoms with E-state index in [-0.39, 0.29) is 5.91 Å². The molecule has 0 atom stereocenters. The molecule has 0 saturated carbocycles. The molecule has 0 saturated heterocycles. The number of hydrogen-bond acceptors (Lipinski definition) is 3. The third kappa shape index (κ3) is 4.46. The summed E-state index contributed by atoms with van der Waals surface area (Å²) in [5.74, 6) is 1.17. The molecule has 0 bridgehead atoms. The molecule has 0 aliphatic heterocycles. The van der Waals surface area contributed by atoms with Gasteiger partial charge in [0.2, 0.25) is 5.91 Å². The predicted molar refractivity (Wildman–Crippen MR) is 119 cm³/mol. The molecule has 5 nitrogen and oxygen atoms in total. The summed E-state index contributed by atoms with van der Waals surface area (Å²) in [6.07, 6.45) is 3.87. The third-order valence-electron chi connectivity index (χ3n) is 4.92. The Morgan fingerprint density at radius 1 is 1.00 bits per heavy atom. The van der Waals surface area contributed by atoms with Crippen molar-refractivity contribution in [1.82, 2.24) is 9.97 Å². The number of aromatic amines is 1. The minimum Gasteiger partial charge on any atom is -0.361 e. The van der Waals surface area contributed by atoms with Crippen LogP contribution in [-0.2, 0) is 11.2 Å². The molecule has 2 aromatic heterocycles. The molecule has 146 valence electrons. The van der Waals surface area contributed by atoms with Gasteiger partial charge in [0.05, 0.1) is 18.3 Å². The Labute approximate surface area is 170 Å². The summed E-state index contributed by atoms with van der Waals surface area (Å²) in [6, 6.07) is 20.0. The second kappa shape index (κ2) is 8.19. The lowest BCUT2D eigenvalue weighted by Crippen LogP contribution is -2.14. The molecule has 0 aliphatic carbocycles. The zero-order valence-corrected chi connectivity index (χ0v) is 16.6. The number of benzene rings is 2. The normalized spacial score (nSPS) is 11.0. The summed E-state index contributed by atoms with van der Waals surface area (Å²) < 4.78 is 0. The minimum absolute atomic E-state index is 0.0680. The van der Waals surface area contributed by atoms with E-state index in [0.29, 0.717) is 18.0 Å². The highest BCUT2D eigenvalue weighted by Gasteiger charge is 2.09. The predicted octanol–water partition coefficient (Wildman–Crippen LogP) is 5.61. The number of pyridine rings is 1. The fourth-order valence-corrected chi connectivity index (χ4v) is 3.30. The van der Waals surface area contributed by atoms with Gasteiger partial charge in [0.15, 0.2) is 0 Å². The van der Waals surface area contributed by atoms with E-state index in [1.54, 1.807) is 6.20 Å². The summed E-state index contributed by atoms with van der Waals surface area (Å²) in [7, 11) is 0. The Morgan fingerprint density at radius 3 is 2.48 bits per heavy atom. The maximum Gasteiger partial charge on any atom is 0.228 e. The highest BCUT2D eigenvalue weighted by atomic mass is 16.1. The van der Waals surface area contributed by atoms with Crippen molar-refractivity contribution in [2.45, 2.75) is 26.2 Å². The van der Waals surface area contributed by atoms with Gasteiger partial charge in [-0.15, -0.1) is 0 Å². The van der Waals surface area contributed by atoms with Crippen molar-refractivity contribution in [1.29, 1.82) is 0 Å². The number of H-pyrrole nitrogens is 1. The maximum absolute atomic E-state index is 12.4. The van der Waals surface area contributed by atoms with Gasteiger partial charge in [-0.1, -0.05) is 44.2 Å². The summed E-state index contributed by atoms with van der Waals surface area (Å²) in [5.41, 5.74) is 4.98. The lowest BCUT2D eigenvalue weighted by molar-refractivity contribution is -0.115. The maximum atomic E-state index is 12.4. The van der Waals surface area contributed by atoms with E-state index in [9.17, 15) is 4.79 Å². The van der Waals surface area contributed by atoms with Crippen molar-refractivity contribution in [3.63, 3.8) is 0 Å². The van der Waals surface area contributed by atoms with Gasteiger partial charge in [-0.2, -0.15) is 0 Å². The van der Waals surface area contributed by atoms with Gasteiger partial charge in [-0.25, -0.2) is 4.98 Å². The number of anilines is 3. The van der Waals surface area contributed by atoms with Crippen LogP contribution in [0.5, 0.6) is 0 Å². The summed E-state index contributed by atoms with van der Waals surface area (Å²) in [4.78, 5) is 20.0. The van der Waals surface area contributed by atoms with Gasteiger partial charge in [-0.05, 0) is 47.4 Å². The number of carbonyl (C=O) groups is 1. The highest BCUT2D eigenvalue weighted by Crippen LogP contribution is 2.21. The lowest BCUT2D eigenvalue weighted by atomic mass is 10.0. The number of aromatic nitrogens is 2. The number of para-hydroxylation sites is 1. The van der Waals surface area contributed by atoms with E-state index in [4.69, 9.17) is 0 Å². The smallest absolute Gasteiger partial charge is 0.228 e. The van der Waals surface area contributed by atoms with Gasteiger partial charge >= 0.3 is 0 Å². The van der Waals surface area contributed by atoms with Crippen molar-refractivity contribution in [2.75, 3.05) is 10.6 Å². The Bertz CT molecular complexity index is 1110. The van der Waals surface area contributed by atoms with Gasteiger partial charge < -0.3 is 15.6 Å². The minimum atomic E-state index is -0.0680. The van der Waals surface area contributed by atoms with Crippen LogP contribution in [0, 0.1) is 0 Å². The molecule has 4 rings (SSSR count). The van der Waals surface area contributed by atoms with E-state index in [1.807, 2.05) is 54.7 Å². The topological polar surface area (TPSA) is 69.8 Å². The first-order valence-electron chi connectivity index (χ1n) is 9.76. The fraction of sp³-hybridized carbons (Fsp3) is 0.167. The highest BCUT2D eigenvalue weighted by molar-refractivity contribution is 5.95. The largest absolute Gasteiger partial charge is 0.361 e. The van der Waals surface area contributed by atoms with Crippen molar-refractivity contribution in [3.8, 4) is 0 Å². The van der Waals surface area contributed by atoms with Crippen LogP contribution in [-0.4, -0.2) is 15.9 Å². The molecule has 4 aromatic rings. The zero-order valence-electron chi connectivity index (χ0n) is 16.6. The average Bonchev–Trinajstić information content (AvgIpc) is 3.13. The standard InChI is InChI=1S/C24H24N4O/c1-16(2)17-7-9-19(10-8-17)27-23-12-11-20(15-26-23)28-24(29)13-18-14-25-22-6-4-3-5-21(18)22/h3-12,14-16,25H,13H2,1-2H3,(H,26,27)(H,28,29). The van der Waals surface area contributed by atoms with Gasteiger partial charge in [0.25, 0.3) is 0 Å². The van der Waals surface area contributed by atoms with E-state index < -0.39 is 0 Å². The van der Waals surface area contributed by atoms with Gasteiger partial charge in [0.1, 0.15) is 5.82 Å². The van der Waals surface area contributed by atoms with Crippen LogP contribution in [0.3, 0.4) is 0 Å². The van der Waals surface area contributed by atoms with Gasteiger partial charge in [0, 0.05) is 22.8 Å². The molecule has 2 heterocycles. The van der Waals surface area contributed by atoms with Crippen molar-refractivity contribution in [2.24, 2.45) is 0 Å². The van der Waals surface area contributed by atoms with E-state index >= 15 is 0 Å². The van der Waals surface area contributed by atoms with Crippen molar-refractivity contribution < 1.29 is 4.79 Å². The first-order chi connectivity index (χ1) is 14.1. The van der Waals surface area contributed by atoms with Crippen LogP contribution in [0.15, 0.2) is 73.1 Å². The second-order valence-corrected chi connectivity index (χ2v) is 7.42. The molecular formula is C24H24N4O. The summed E-state index contributed by atoms with van der Waals surface area (Å²) >= 11 is 0. The van der Waals surface area contributed by atoms with E-state index in [0.717, 1.165) is 28.0 Å². The van der Waals surface area contributed by atoms with Crippen molar-refractivity contribution >= 4 is 34.0 Å². The molecule has 29 heavy (non-hydrogen) atoms. The number of nitrogens with one attached hydrogen (secondary N) is 3. The van der Waals surface area contributed by atoms with Crippen LogP contribution in [0.1, 0.15) is 30.9 Å². The zero-order chi connectivity index (χ0) is 20.2. The summed E-state index contributed by atoms with van der Waals surface area (Å²) in [5, 5.41) is 7.26. The van der Waals surface area contributed by atoms with E-state index in [2.05, 4.69) is 46.6 Å². The Hall–Kier alpha value is -3.60. The average molecular weight is 384 g/mol. The first-order valence-corrected chi connectivity index (χ1v) is 9.76. The van der Waals surface area contributed by atoms with E-state index in [1.165, 1.54) is 5.56 Å². The third-order valence-corrected chi connectivity index (χ3v) is 4.92. The fourth-order valence-electron chi connectivity index (χ4n) is 3.30. The summed E-state index contributed by atoms with van der Waals surface area (Å²) in [6.45, 7) is 4.35. The Morgan fingerprint density at radius 2 is 1.76 bits per heavy atom. The second-order valence-electron chi connectivity index (χ2n) is 7.42. The number of amides is 1. The lowest BCUT2D eigenvalue weighted by Gasteiger charge is -2.10. The van der Waals surface area contributed by atoms with Crippen LogP contribution < -0.4 is 10.6 Å². The Balaban J connectivity index is 1.37. The quantitative estimate of drug-likeness (QED) is 0.405. The van der Waals surface area contributed by atoms with Crippen molar-refractivity contribution in [3.05, 3.63) is 84.2 Å². The molecule has 0 aliphatic rings. The van der Waals surface area contributed by atoms with Crippen LogP contribution in [0.4, 0.5) is 17.2 Å². The Kier molecular flexibility index (Phi) is 5.29. The van der Waals surface area contributed by atoms with Crippen LogP contribution in [0.25, 0.3) is 10.9 Å². The van der Waals surface area contributed by atoms with Crippen LogP contribution >= 0.6 is 0 Å². The molecule has 1 amide bonds. The number of fused-ring (bicyclic) bond motifs is 1. The number of hydrogen-bond donors (Lipinski definition) is 3. The number of rotatable bonds is 6. The molecule has 0 radical (unpaired) electrons. The molecular weight excluding hydrogens is 360 g/mol.